The van der Waals surface area contributed by atoms with Gasteiger partial charge in [0, 0.05) is 6.42 Å². The van der Waals surface area contributed by atoms with Gasteiger partial charge in [-0.15, -0.1) is 10.2 Å². The van der Waals surface area contributed by atoms with Crippen molar-refractivity contribution >= 4 is 34.2 Å². The molecule has 0 unspecified atom stereocenters. The lowest BCUT2D eigenvalue weighted by molar-refractivity contribution is -0.116. The van der Waals surface area contributed by atoms with Crippen molar-refractivity contribution in [2.75, 3.05) is 18.5 Å². The van der Waals surface area contributed by atoms with E-state index in [1.807, 2.05) is 32.0 Å². The molecule has 9 heteroatoms. The van der Waals surface area contributed by atoms with Gasteiger partial charge in [-0.3, -0.25) is 24.6 Å². The number of hydrogen-bond donors (Lipinski definition) is 1. The molecule has 0 saturated carbocycles. The van der Waals surface area contributed by atoms with Crippen LogP contribution in [0.2, 0.25) is 0 Å². The molecule has 0 radical (unpaired) electrons. The molecule has 0 bridgehead atoms. The molecule has 1 aliphatic heterocycles. The number of fused-ring (bicyclic) bond motifs is 1. The highest BCUT2D eigenvalue weighted by Gasteiger charge is 2.36. The molecule has 3 amide bonds. The summed E-state index contributed by atoms with van der Waals surface area (Å²) >= 11 is 1.23. The number of nitrogens with zero attached hydrogens (tertiary/aromatic N) is 3. The van der Waals surface area contributed by atoms with E-state index in [4.69, 9.17) is 4.74 Å². The Morgan fingerprint density at radius 2 is 1.74 bits per heavy atom. The monoisotopic (exact) mass is 436 g/mol. The van der Waals surface area contributed by atoms with E-state index in [0.29, 0.717) is 34.3 Å². The molecule has 1 aromatic heterocycles. The maximum absolute atomic E-state index is 12.4. The van der Waals surface area contributed by atoms with Crippen LogP contribution in [0, 0.1) is 13.8 Å². The molecule has 1 aliphatic rings. The normalized spacial score (nSPS) is 12.8. The van der Waals surface area contributed by atoms with Gasteiger partial charge in [0.25, 0.3) is 11.8 Å². The number of benzene rings is 2. The Kier molecular flexibility index (Phi) is 5.77. The zero-order valence-corrected chi connectivity index (χ0v) is 17.9. The second-order valence-electron chi connectivity index (χ2n) is 7.09. The number of carbonyl (C=O) groups excluding carboxylic acids is 3. The van der Waals surface area contributed by atoms with E-state index in [1.54, 1.807) is 24.3 Å². The highest BCUT2D eigenvalue weighted by molar-refractivity contribution is 7.15. The molecule has 158 valence electrons. The second-order valence-corrected chi connectivity index (χ2v) is 8.15. The van der Waals surface area contributed by atoms with Gasteiger partial charge in [0.05, 0.1) is 17.7 Å². The van der Waals surface area contributed by atoms with Gasteiger partial charge >= 0.3 is 0 Å². The predicted molar refractivity (Wildman–Crippen MR) is 115 cm³/mol. The number of aryl methyl sites for hydroxylation is 1. The van der Waals surface area contributed by atoms with Crippen LogP contribution in [-0.4, -0.2) is 46.0 Å². The molecule has 3 aromatic rings. The lowest BCUT2D eigenvalue weighted by Gasteiger charge is -2.12. The number of nitrogens with one attached hydrogen (secondary N) is 1. The summed E-state index contributed by atoms with van der Waals surface area (Å²) in [6.07, 6.45) is 0.541. The molecule has 2 aromatic carbocycles. The second kappa shape index (κ2) is 8.65. The molecular formula is C22H20N4O4S. The van der Waals surface area contributed by atoms with Gasteiger partial charge in [-0.25, -0.2) is 0 Å². The summed E-state index contributed by atoms with van der Waals surface area (Å²) in [4.78, 5) is 38.0. The third kappa shape index (κ3) is 4.31. The minimum Gasteiger partial charge on any atom is -0.493 e. The minimum atomic E-state index is -0.510. The quantitative estimate of drug-likeness (QED) is 0.572. The fourth-order valence-corrected chi connectivity index (χ4v) is 3.96. The average molecular weight is 436 g/mol. The zero-order valence-electron chi connectivity index (χ0n) is 17.0. The van der Waals surface area contributed by atoms with Crippen molar-refractivity contribution in [1.29, 1.82) is 0 Å². The van der Waals surface area contributed by atoms with Crippen molar-refractivity contribution in [2.24, 2.45) is 0 Å². The fourth-order valence-electron chi connectivity index (χ4n) is 3.22. The third-order valence-electron chi connectivity index (χ3n) is 5.02. The first-order valence-electron chi connectivity index (χ1n) is 9.70. The van der Waals surface area contributed by atoms with Gasteiger partial charge in [0.15, 0.2) is 0 Å². The van der Waals surface area contributed by atoms with Crippen LogP contribution in [0.5, 0.6) is 5.75 Å². The van der Waals surface area contributed by atoms with Gasteiger partial charge in [-0.2, -0.15) is 0 Å². The molecular weight excluding hydrogens is 416 g/mol. The van der Waals surface area contributed by atoms with E-state index in [9.17, 15) is 14.4 Å². The van der Waals surface area contributed by atoms with Crippen LogP contribution in [-0.2, 0) is 11.2 Å². The van der Waals surface area contributed by atoms with Gasteiger partial charge in [0.1, 0.15) is 17.3 Å². The van der Waals surface area contributed by atoms with Crippen molar-refractivity contribution < 1.29 is 19.1 Å². The van der Waals surface area contributed by atoms with E-state index in [1.165, 1.54) is 11.3 Å². The van der Waals surface area contributed by atoms with Crippen molar-refractivity contribution in [3.63, 3.8) is 0 Å². The molecule has 31 heavy (non-hydrogen) atoms. The number of carbonyl (C=O) groups is 3. The highest BCUT2D eigenvalue weighted by atomic mass is 32.1. The smallest absolute Gasteiger partial charge is 0.262 e. The highest BCUT2D eigenvalue weighted by Crippen LogP contribution is 2.23. The number of hydrogen-bond acceptors (Lipinski definition) is 7. The maximum atomic E-state index is 12.4. The minimum absolute atomic E-state index is 0.308. The van der Waals surface area contributed by atoms with E-state index < -0.39 is 17.7 Å². The number of ether oxygens (including phenoxy) is 1. The Bertz CT molecular complexity index is 1140. The predicted octanol–water partition coefficient (Wildman–Crippen LogP) is 3.01. The first-order valence-corrected chi connectivity index (χ1v) is 10.5. The van der Waals surface area contributed by atoms with Gasteiger partial charge in [0.2, 0.25) is 11.0 Å². The molecule has 0 saturated heterocycles. The van der Waals surface area contributed by atoms with Crippen LogP contribution in [0.4, 0.5) is 5.13 Å². The summed E-state index contributed by atoms with van der Waals surface area (Å²) in [5, 5.41) is 11.6. The van der Waals surface area contributed by atoms with Crippen molar-refractivity contribution in [3.8, 4) is 5.75 Å². The zero-order chi connectivity index (χ0) is 22.0. The Balaban J connectivity index is 1.30. The summed E-state index contributed by atoms with van der Waals surface area (Å²) < 4.78 is 5.82. The van der Waals surface area contributed by atoms with Crippen LogP contribution in [0.25, 0.3) is 0 Å². The molecule has 1 N–H and O–H groups in total. The Labute approximate surface area is 182 Å². The molecule has 0 spiro atoms. The maximum Gasteiger partial charge on any atom is 0.262 e. The van der Waals surface area contributed by atoms with Gasteiger partial charge in [-0.05, 0) is 43.2 Å². The topological polar surface area (TPSA) is 101 Å². The molecule has 2 heterocycles. The summed E-state index contributed by atoms with van der Waals surface area (Å²) in [7, 11) is 0. The Hall–Kier alpha value is -3.59. The van der Waals surface area contributed by atoms with Crippen LogP contribution < -0.4 is 10.1 Å². The van der Waals surface area contributed by atoms with Crippen LogP contribution in [0.15, 0.2) is 42.5 Å². The number of amides is 3. The van der Waals surface area contributed by atoms with Crippen molar-refractivity contribution in [2.45, 2.75) is 20.3 Å². The largest absolute Gasteiger partial charge is 0.493 e. The summed E-state index contributed by atoms with van der Waals surface area (Å²) in [6.45, 7) is 4.10. The first kappa shape index (κ1) is 20.7. The van der Waals surface area contributed by atoms with Gasteiger partial charge < -0.3 is 4.74 Å². The van der Waals surface area contributed by atoms with Crippen LogP contribution >= 0.6 is 11.3 Å². The number of anilines is 1. The Morgan fingerprint density at radius 1 is 1.03 bits per heavy atom. The summed E-state index contributed by atoms with van der Waals surface area (Å²) in [6, 6.07) is 12.4. The van der Waals surface area contributed by atoms with Crippen molar-refractivity contribution in [3.05, 3.63) is 69.7 Å². The SMILES string of the molecule is Cc1cccc(OCCc2nnc(NC(=O)CN3C(=O)c4ccccc4C3=O)s2)c1C. The molecule has 8 nitrogen and oxygen atoms in total. The van der Waals surface area contributed by atoms with Crippen LogP contribution in [0.1, 0.15) is 36.9 Å². The third-order valence-corrected chi connectivity index (χ3v) is 5.92. The fraction of sp³-hybridized carbons (Fsp3) is 0.227. The lowest BCUT2D eigenvalue weighted by Crippen LogP contribution is -2.37. The Morgan fingerprint density at radius 3 is 2.45 bits per heavy atom. The number of imide groups is 1. The first-order chi connectivity index (χ1) is 14.9. The molecule has 0 atom stereocenters. The van der Waals surface area contributed by atoms with Crippen molar-refractivity contribution in [1.82, 2.24) is 15.1 Å². The average Bonchev–Trinajstić information content (AvgIpc) is 3.29. The van der Waals surface area contributed by atoms with E-state index in [2.05, 4.69) is 15.5 Å². The van der Waals surface area contributed by atoms with Crippen LogP contribution in [0.3, 0.4) is 0 Å². The van der Waals surface area contributed by atoms with Gasteiger partial charge in [-0.1, -0.05) is 35.6 Å². The van der Waals surface area contributed by atoms with E-state index in [-0.39, 0.29) is 6.54 Å². The summed E-state index contributed by atoms with van der Waals surface area (Å²) in [5.41, 5.74) is 2.88. The standard InChI is InChI=1S/C22H20N4O4S/c1-13-6-5-9-17(14(13)2)30-11-10-19-24-25-22(31-19)23-18(27)12-26-20(28)15-7-3-4-8-16(15)21(26)29/h3-9H,10-12H2,1-2H3,(H,23,25,27). The molecule has 4 rings (SSSR count). The number of aromatic nitrogens is 2. The molecule has 0 aliphatic carbocycles. The summed E-state index contributed by atoms with van der Waals surface area (Å²) in [5.74, 6) is -0.627. The lowest BCUT2D eigenvalue weighted by atomic mass is 10.1. The van der Waals surface area contributed by atoms with E-state index >= 15 is 0 Å². The number of rotatable bonds is 7. The molecule has 0 fully saturated rings. The van der Waals surface area contributed by atoms with E-state index in [0.717, 1.165) is 21.8 Å².